The first-order valence-corrected chi connectivity index (χ1v) is 5.09. The smallest absolute Gasteiger partial charge is 0.322 e. The molecule has 1 unspecified atom stereocenters. The average Bonchev–Trinajstić information content (AvgIpc) is 2.77. The van der Waals surface area contributed by atoms with E-state index in [0.29, 0.717) is 0 Å². The van der Waals surface area contributed by atoms with Gasteiger partial charge in [-0.05, 0) is 12.8 Å². The van der Waals surface area contributed by atoms with Crippen molar-refractivity contribution < 1.29 is 22.0 Å². The van der Waals surface area contributed by atoms with Crippen LogP contribution in [0.5, 0.6) is 0 Å². The van der Waals surface area contributed by atoms with Crippen LogP contribution >= 0.6 is 0 Å². The summed E-state index contributed by atoms with van der Waals surface area (Å²) in [6.07, 6.45) is -4.23. The van der Waals surface area contributed by atoms with Crippen molar-refractivity contribution in [2.75, 3.05) is 19.6 Å². The van der Waals surface area contributed by atoms with Gasteiger partial charge in [0.1, 0.15) is 0 Å². The molecule has 16 heavy (non-hydrogen) atoms. The molecule has 1 aliphatic carbocycles. The number of nitrogens with zero attached hydrogens (tertiary/aromatic N) is 1. The number of nitrogens with two attached hydrogens (primary N) is 1. The van der Waals surface area contributed by atoms with Crippen LogP contribution in [-0.4, -0.2) is 42.7 Å². The van der Waals surface area contributed by atoms with Crippen LogP contribution in [-0.2, 0) is 0 Å². The van der Waals surface area contributed by atoms with Gasteiger partial charge in [0.25, 0.3) is 5.92 Å². The van der Waals surface area contributed by atoms with Gasteiger partial charge in [-0.1, -0.05) is 0 Å². The molecule has 0 aromatic heterocycles. The quantitative estimate of drug-likeness (QED) is 0.748. The summed E-state index contributed by atoms with van der Waals surface area (Å²) in [5, 5.41) is 0. The van der Waals surface area contributed by atoms with Crippen LogP contribution in [0.25, 0.3) is 0 Å². The molecule has 0 aromatic carbocycles. The summed E-state index contributed by atoms with van der Waals surface area (Å²) in [5.74, 6) is -3.07. The van der Waals surface area contributed by atoms with Gasteiger partial charge in [-0.2, -0.15) is 13.2 Å². The highest BCUT2D eigenvalue weighted by atomic mass is 19.4. The molecule has 2 fully saturated rings. The third-order valence-corrected chi connectivity index (χ3v) is 3.41. The minimum absolute atomic E-state index is 0.0355. The van der Waals surface area contributed by atoms with Crippen LogP contribution in [0.2, 0.25) is 0 Å². The molecule has 0 amide bonds. The summed E-state index contributed by atoms with van der Waals surface area (Å²) in [6.45, 7) is -1.17. The van der Waals surface area contributed by atoms with Crippen molar-refractivity contribution >= 4 is 0 Å². The van der Waals surface area contributed by atoms with Crippen molar-refractivity contribution in [3.05, 3.63) is 0 Å². The van der Waals surface area contributed by atoms with E-state index < -0.39 is 30.1 Å². The number of alkyl halides is 5. The maximum Gasteiger partial charge on any atom is 0.395 e. The number of hydrogen-bond donors (Lipinski definition) is 1. The lowest BCUT2D eigenvalue weighted by molar-refractivity contribution is -0.191. The second kappa shape index (κ2) is 3.29. The normalized spacial score (nSPS) is 33.0. The van der Waals surface area contributed by atoms with Crippen molar-refractivity contribution in [3.8, 4) is 0 Å². The second-order valence-electron chi connectivity index (χ2n) is 4.82. The first-order valence-electron chi connectivity index (χ1n) is 5.09. The third kappa shape index (κ3) is 1.90. The van der Waals surface area contributed by atoms with Crippen LogP contribution in [0.3, 0.4) is 0 Å². The zero-order chi connectivity index (χ0) is 12.2. The predicted octanol–water partition coefficient (Wildman–Crippen LogP) is 1.61. The van der Waals surface area contributed by atoms with Crippen LogP contribution in [0, 0.1) is 5.41 Å². The van der Waals surface area contributed by atoms with Crippen LogP contribution < -0.4 is 5.73 Å². The van der Waals surface area contributed by atoms with Crippen molar-refractivity contribution in [3.63, 3.8) is 0 Å². The van der Waals surface area contributed by atoms with Crippen LogP contribution in [0.4, 0.5) is 22.0 Å². The molecular formula is C9H13F5N2. The highest BCUT2D eigenvalue weighted by Crippen LogP contribution is 2.58. The molecule has 2 rings (SSSR count). The van der Waals surface area contributed by atoms with Gasteiger partial charge in [0.05, 0.1) is 18.0 Å². The fraction of sp³-hybridized carbons (Fsp3) is 1.00. The molecule has 94 valence electrons. The minimum atomic E-state index is -4.30. The number of rotatable bonds is 2. The molecular weight excluding hydrogens is 231 g/mol. The molecule has 7 heteroatoms. The largest absolute Gasteiger partial charge is 0.395 e. The zero-order valence-corrected chi connectivity index (χ0v) is 8.53. The van der Waals surface area contributed by atoms with Crippen molar-refractivity contribution in [2.45, 2.75) is 31.0 Å². The molecule has 0 radical (unpaired) electrons. The van der Waals surface area contributed by atoms with Crippen molar-refractivity contribution in [1.82, 2.24) is 4.90 Å². The summed E-state index contributed by atoms with van der Waals surface area (Å²) in [5.41, 5.74) is 3.42. The molecule has 1 atom stereocenters. The molecule has 1 heterocycles. The van der Waals surface area contributed by atoms with E-state index in [1.807, 2.05) is 0 Å². The highest BCUT2D eigenvalue weighted by Gasteiger charge is 2.64. The molecule has 0 bridgehead atoms. The Morgan fingerprint density at radius 2 is 1.81 bits per heavy atom. The third-order valence-electron chi connectivity index (χ3n) is 3.41. The lowest BCUT2D eigenvalue weighted by atomic mass is 10.1. The van der Waals surface area contributed by atoms with E-state index in [0.717, 1.165) is 4.90 Å². The number of likely N-dealkylation sites (tertiary alicyclic amines) is 1. The maximum absolute atomic E-state index is 13.0. The summed E-state index contributed by atoms with van der Waals surface area (Å²) in [4.78, 5) is 1.13. The first kappa shape index (κ1) is 12.0. The van der Waals surface area contributed by atoms with E-state index >= 15 is 0 Å². The van der Waals surface area contributed by atoms with Crippen molar-refractivity contribution in [2.24, 2.45) is 11.1 Å². The first-order chi connectivity index (χ1) is 7.16. The average molecular weight is 244 g/mol. The molecule has 1 saturated carbocycles. The van der Waals surface area contributed by atoms with Gasteiger partial charge in [0.15, 0.2) is 0 Å². The Bertz CT molecular complexity index is 284. The minimum Gasteiger partial charge on any atom is -0.322 e. The van der Waals surface area contributed by atoms with Gasteiger partial charge in [0.2, 0.25) is 0 Å². The maximum atomic E-state index is 13.0. The molecule has 2 aliphatic rings. The molecule has 2 nitrogen and oxygen atoms in total. The van der Waals surface area contributed by atoms with Gasteiger partial charge in [-0.15, -0.1) is 0 Å². The lowest BCUT2D eigenvalue weighted by Gasteiger charge is -2.25. The summed E-state index contributed by atoms with van der Waals surface area (Å²) in [7, 11) is 0. The number of halogens is 5. The topological polar surface area (TPSA) is 29.3 Å². The van der Waals surface area contributed by atoms with Gasteiger partial charge in [0, 0.05) is 13.1 Å². The zero-order valence-electron chi connectivity index (χ0n) is 8.53. The van der Waals surface area contributed by atoms with E-state index in [1.54, 1.807) is 0 Å². The van der Waals surface area contributed by atoms with Gasteiger partial charge in [-0.25, -0.2) is 8.78 Å². The Hall–Kier alpha value is -0.430. The number of hydrogen-bond acceptors (Lipinski definition) is 2. The van der Waals surface area contributed by atoms with Gasteiger partial charge >= 0.3 is 6.18 Å². The second-order valence-corrected chi connectivity index (χ2v) is 4.82. The SMILES string of the molecule is NC1CN(CC2(C(F)(F)F)CC2)CC1(F)F. The van der Waals surface area contributed by atoms with Crippen LogP contribution in [0.15, 0.2) is 0 Å². The Labute approximate surface area is 89.6 Å². The van der Waals surface area contributed by atoms with Gasteiger partial charge < -0.3 is 5.73 Å². The molecule has 0 aromatic rings. The van der Waals surface area contributed by atoms with Gasteiger partial charge in [-0.3, -0.25) is 4.90 Å². The Morgan fingerprint density at radius 1 is 1.25 bits per heavy atom. The Morgan fingerprint density at radius 3 is 2.12 bits per heavy atom. The summed E-state index contributed by atoms with van der Waals surface area (Å²) < 4.78 is 63.8. The van der Waals surface area contributed by atoms with E-state index in [-0.39, 0.29) is 25.9 Å². The predicted molar refractivity (Wildman–Crippen MR) is 47.1 cm³/mol. The monoisotopic (exact) mass is 244 g/mol. The van der Waals surface area contributed by atoms with E-state index in [4.69, 9.17) is 5.73 Å². The van der Waals surface area contributed by atoms with Crippen LogP contribution in [0.1, 0.15) is 12.8 Å². The highest BCUT2D eigenvalue weighted by molar-refractivity contribution is 5.04. The molecule has 1 aliphatic heterocycles. The molecule has 1 saturated heterocycles. The van der Waals surface area contributed by atoms with E-state index in [1.165, 1.54) is 0 Å². The standard InChI is InChI=1S/C9H13F5N2/c10-8(11)5-16(3-6(8)15)4-7(1-2-7)9(12,13)14/h6H,1-5,15H2. The fourth-order valence-electron chi connectivity index (χ4n) is 2.12. The Balaban J connectivity index is 1.98. The lowest BCUT2D eigenvalue weighted by Crippen LogP contribution is -2.38. The fourth-order valence-corrected chi connectivity index (χ4v) is 2.12. The summed E-state index contributed by atoms with van der Waals surface area (Å²) in [6, 6.07) is -1.35. The molecule has 0 spiro atoms. The van der Waals surface area contributed by atoms with E-state index in [9.17, 15) is 22.0 Å². The summed E-state index contributed by atoms with van der Waals surface area (Å²) >= 11 is 0. The van der Waals surface area contributed by atoms with Crippen molar-refractivity contribution in [1.29, 1.82) is 0 Å². The van der Waals surface area contributed by atoms with E-state index in [2.05, 4.69) is 0 Å². The molecule has 2 N–H and O–H groups in total. The Kier molecular flexibility index (Phi) is 2.47.